The zero-order chi connectivity index (χ0) is 13.0. The van der Waals surface area contributed by atoms with Crippen LogP contribution in [0.4, 0.5) is 11.4 Å². The molecular formula is C12H17ClN2O2. The molecule has 0 aliphatic heterocycles. The predicted octanol–water partition coefficient (Wildman–Crippen LogP) is 2.68. The highest BCUT2D eigenvalue weighted by Crippen LogP contribution is 2.32. The molecule has 0 aromatic heterocycles. The SMILES string of the molecule is CCC(Nc1cccc(Cl)c1N(C)C)C(=O)O. The number of carboxylic acid groups (broad SMARTS) is 1. The fraction of sp³-hybridized carbons (Fsp3) is 0.417. The Morgan fingerprint density at radius 1 is 1.53 bits per heavy atom. The Balaban J connectivity index is 3.05. The van der Waals surface area contributed by atoms with Gasteiger partial charge >= 0.3 is 5.97 Å². The Morgan fingerprint density at radius 3 is 2.65 bits per heavy atom. The van der Waals surface area contributed by atoms with Gasteiger partial charge in [-0.2, -0.15) is 0 Å². The van der Waals surface area contributed by atoms with E-state index >= 15 is 0 Å². The summed E-state index contributed by atoms with van der Waals surface area (Å²) < 4.78 is 0. The van der Waals surface area contributed by atoms with Crippen molar-refractivity contribution in [2.24, 2.45) is 0 Å². The monoisotopic (exact) mass is 256 g/mol. The summed E-state index contributed by atoms with van der Waals surface area (Å²) in [4.78, 5) is 12.9. The van der Waals surface area contributed by atoms with E-state index in [1.165, 1.54) is 0 Å². The van der Waals surface area contributed by atoms with E-state index in [1.54, 1.807) is 12.1 Å². The van der Waals surface area contributed by atoms with Gasteiger partial charge in [-0.15, -0.1) is 0 Å². The van der Waals surface area contributed by atoms with Gasteiger partial charge in [0.15, 0.2) is 0 Å². The highest BCUT2D eigenvalue weighted by molar-refractivity contribution is 6.34. The second-order valence-corrected chi connectivity index (χ2v) is 4.38. The molecule has 0 saturated heterocycles. The van der Waals surface area contributed by atoms with Crippen molar-refractivity contribution in [3.63, 3.8) is 0 Å². The molecule has 0 saturated carbocycles. The lowest BCUT2D eigenvalue weighted by Crippen LogP contribution is -2.29. The number of anilines is 2. The number of nitrogens with zero attached hydrogens (tertiary/aromatic N) is 1. The van der Waals surface area contributed by atoms with E-state index in [9.17, 15) is 4.79 Å². The highest BCUT2D eigenvalue weighted by Gasteiger charge is 2.17. The Bertz CT molecular complexity index is 407. The second kappa shape index (κ2) is 5.77. The minimum Gasteiger partial charge on any atom is -0.480 e. The number of hydrogen-bond donors (Lipinski definition) is 2. The van der Waals surface area contributed by atoms with Crippen LogP contribution in [0.25, 0.3) is 0 Å². The van der Waals surface area contributed by atoms with Gasteiger partial charge in [0.25, 0.3) is 0 Å². The van der Waals surface area contributed by atoms with E-state index in [4.69, 9.17) is 16.7 Å². The number of benzene rings is 1. The molecule has 1 atom stereocenters. The molecule has 0 amide bonds. The molecule has 0 spiro atoms. The lowest BCUT2D eigenvalue weighted by molar-refractivity contribution is -0.137. The molecule has 94 valence electrons. The molecular weight excluding hydrogens is 240 g/mol. The van der Waals surface area contributed by atoms with Crippen LogP contribution in [0.5, 0.6) is 0 Å². The molecule has 0 aliphatic carbocycles. The summed E-state index contributed by atoms with van der Waals surface area (Å²) in [6.45, 7) is 1.83. The Hall–Kier alpha value is -1.42. The molecule has 2 N–H and O–H groups in total. The van der Waals surface area contributed by atoms with Crippen LogP contribution >= 0.6 is 11.6 Å². The van der Waals surface area contributed by atoms with Gasteiger partial charge < -0.3 is 15.3 Å². The van der Waals surface area contributed by atoms with Crippen LogP contribution in [0, 0.1) is 0 Å². The van der Waals surface area contributed by atoms with Gasteiger partial charge in [0, 0.05) is 14.1 Å². The van der Waals surface area contributed by atoms with E-state index < -0.39 is 12.0 Å². The Kier molecular flexibility index (Phi) is 4.63. The number of nitrogens with one attached hydrogen (secondary N) is 1. The van der Waals surface area contributed by atoms with Gasteiger partial charge in [0.1, 0.15) is 6.04 Å². The molecule has 0 fully saturated rings. The van der Waals surface area contributed by atoms with Crippen molar-refractivity contribution in [2.75, 3.05) is 24.3 Å². The molecule has 0 radical (unpaired) electrons. The number of halogens is 1. The molecule has 0 heterocycles. The summed E-state index contributed by atoms with van der Waals surface area (Å²) in [5.41, 5.74) is 1.53. The minimum absolute atomic E-state index is 0.509. The largest absolute Gasteiger partial charge is 0.480 e. The van der Waals surface area contributed by atoms with Gasteiger partial charge in [0.05, 0.1) is 16.4 Å². The number of carboxylic acids is 1. The third kappa shape index (κ3) is 3.27. The Morgan fingerprint density at radius 2 is 2.18 bits per heavy atom. The summed E-state index contributed by atoms with van der Waals surface area (Å²) in [7, 11) is 3.74. The van der Waals surface area contributed by atoms with Crippen LogP contribution in [-0.2, 0) is 4.79 Å². The third-order valence-electron chi connectivity index (χ3n) is 2.47. The van der Waals surface area contributed by atoms with Gasteiger partial charge in [-0.05, 0) is 18.6 Å². The average molecular weight is 257 g/mol. The van der Waals surface area contributed by atoms with Gasteiger partial charge in [-0.1, -0.05) is 24.6 Å². The summed E-state index contributed by atoms with van der Waals surface area (Å²) in [5.74, 6) is -0.864. The zero-order valence-electron chi connectivity index (χ0n) is 10.2. The zero-order valence-corrected chi connectivity index (χ0v) is 11.0. The number of carbonyl (C=O) groups is 1. The van der Waals surface area contributed by atoms with Crippen molar-refractivity contribution in [1.29, 1.82) is 0 Å². The lowest BCUT2D eigenvalue weighted by Gasteiger charge is -2.22. The Labute approximate surface area is 106 Å². The first kappa shape index (κ1) is 13.6. The lowest BCUT2D eigenvalue weighted by atomic mass is 10.2. The van der Waals surface area contributed by atoms with E-state index in [0.29, 0.717) is 11.4 Å². The predicted molar refractivity (Wildman–Crippen MR) is 71.1 cm³/mol. The van der Waals surface area contributed by atoms with E-state index in [2.05, 4.69) is 5.32 Å². The molecule has 1 aromatic carbocycles. The van der Waals surface area contributed by atoms with Gasteiger partial charge in [-0.25, -0.2) is 4.79 Å². The molecule has 1 aromatic rings. The smallest absolute Gasteiger partial charge is 0.326 e. The number of rotatable bonds is 5. The van der Waals surface area contributed by atoms with Crippen LogP contribution in [0.15, 0.2) is 18.2 Å². The molecule has 0 bridgehead atoms. The summed E-state index contributed by atoms with van der Waals surface area (Å²) in [6.07, 6.45) is 0.509. The fourth-order valence-electron chi connectivity index (χ4n) is 1.61. The number of para-hydroxylation sites is 1. The summed E-state index contributed by atoms with van der Waals surface area (Å²) in [5, 5.41) is 12.6. The van der Waals surface area contributed by atoms with Crippen molar-refractivity contribution < 1.29 is 9.90 Å². The number of aliphatic carboxylic acids is 1. The molecule has 0 aliphatic rings. The molecule has 1 unspecified atom stereocenters. The van der Waals surface area contributed by atoms with Crippen molar-refractivity contribution in [3.8, 4) is 0 Å². The van der Waals surface area contributed by atoms with Crippen LogP contribution in [0.1, 0.15) is 13.3 Å². The average Bonchev–Trinajstić information content (AvgIpc) is 2.24. The topological polar surface area (TPSA) is 52.6 Å². The van der Waals surface area contributed by atoms with Gasteiger partial charge in [0.2, 0.25) is 0 Å². The maximum atomic E-state index is 11.0. The van der Waals surface area contributed by atoms with Crippen molar-refractivity contribution in [1.82, 2.24) is 0 Å². The first-order chi connectivity index (χ1) is 7.97. The standard InChI is InChI=1S/C12H17ClN2O2/c1-4-9(12(16)17)14-10-7-5-6-8(13)11(10)15(2)3/h5-7,9,14H,4H2,1-3H3,(H,16,17). The first-order valence-corrected chi connectivity index (χ1v) is 5.80. The maximum absolute atomic E-state index is 11.0. The third-order valence-corrected chi connectivity index (χ3v) is 2.78. The molecule has 4 nitrogen and oxygen atoms in total. The van der Waals surface area contributed by atoms with E-state index in [1.807, 2.05) is 32.0 Å². The summed E-state index contributed by atoms with van der Waals surface area (Å²) >= 11 is 6.10. The van der Waals surface area contributed by atoms with Crippen LogP contribution in [0.3, 0.4) is 0 Å². The van der Waals surface area contributed by atoms with E-state index in [-0.39, 0.29) is 0 Å². The van der Waals surface area contributed by atoms with Crippen molar-refractivity contribution >= 4 is 28.9 Å². The van der Waals surface area contributed by atoms with Crippen molar-refractivity contribution in [2.45, 2.75) is 19.4 Å². The van der Waals surface area contributed by atoms with Gasteiger partial charge in [-0.3, -0.25) is 0 Å². The maximum Gasteiger partial charge on any atom is 0.326 e. The van der Waals surface area contributed by atoms with Crippen LogP contribution < -0.4 is 10.2 Å². The fourth-order valence-corrected chi connectivity index (χ4v) is 1.96. The molecule has 1 rings (SSSR count). The highest BCUT2D eigenvalue weighted by atomic mass is 35.5. The number of hydrogen-bond acceptors (Lipinski definition) is 3. The molecule has 5 heteroatoms. The van der Waals surface area contributed by atoms with Crippen molar-refractivity contribution in [3.05, 3.63) is 23.2 Å². The van der Waals surface area contributed by atoms with E-state index in [0.717, 1.165) is 11.4 Å². The molecule has 17 heavy (non-hydrogen) atoms. The van der Waals surface area contributed by atoms with Crippen LogP contribution in [-0.4, -0.2) is 31.2 Å². The normalized spacial score (nSPS) is 12.0. The first-order valence-electron chi connectivity index (χ1n) is 5.42. The minimum atomic E-state index is -0.864. The summed E-state index contributed by atoms with van der Waals surface area (Å²) in [6, 6.07) is 4.80. The van der Waals surface area contributed by atoms with Crippen LogP contribution in [0.2, 0.25) is 5.02 Å². The second-order valence-electron chi connectivity index (χ2n) is 3.97. The quantitative estimate of drug-likeness (QED) is 0.851.